The molecule has 0 amide bonds. The zero-order chi connectivity index (χ0) is 31.3. The molecule has 0 aromatic heterocycles. The highest BCUT2D eigenvalue weighted by Gasteiger charge is 2.40. The maximum atomic E-state index is 2.49. The highest BCUT2D eigenvalue weighted by molar-refractivity contribution is 5.95. The molecule has 8 rings (SSSR count). The second kappa shape index (κ2) is 11.2. The molecule has 2 aliphatic carbocycles. The summed E-state index contributed by atoms with van der Waals surface area (Å²) >= 11 is 0. The van der Waals surface area contributed by atoms with Crippen molar-refractivity contribution in [2.45, 2.75) is 38.5 Å². The fourth-order valence-electron chi connectivity index (χ4n) is 7.60. The van der Waals surface area contributed by atoms with Crippen molar-refractivity contribution in [2.75, 3.05) is 9.80 Å². The number of benzene rings is 6. The molecule has 0 bridgehead atoms. The second-order valence-electron chi connectivity index (χ2n) is 13.1. The van der Waals surface area contributed by atoms with Crippen LogP contribution < -0.4 is 9.80 Å². The van der Waals surface area contributed by atoms with Crippen LogP contribution in [0.2, 0.25) is 0 Å². The van der Waals surface area contributed by atoms with Crippen molar-refractivity contribution in [3.05, 3.63) is 174 Å². The molecule has 0 fully saturated rings. The number of nitrogens with zero attached hydrogens (tertiary/aromatic N) is 2. The Morgan fingerprint density at radius 3 is 1.57 bits per heavy atom. The molecular formula is C44H38N2. The Morgan fingerprint density at radius 1 is 0.543 bits per heavy atom. The first-order valence-electron chi connectivity index (χ1n) is 16.4. The average molecular weight is 595 g/mol. The van der Waals surface area contributed by atoms with Crippen molar-refractivity contribution < 1.29 is 0 Å². The van der Waals surface area contributed by atoms with Gasteiger partial charge in [-0.15, -0.1) is 0 Å². The smallest absolute Gasteiger partial charge is 0.0540 e. The molecule has 224 valence electrons. The summed E-state index contributed by atoms with van der Waals surface area (Å²) in [6.07, 6.45) is 5.78. The van der Waals surface area contributed by atoms with Gasteiger partial charge >= 0.3 is 0 Å². The quantitative estimate of drug-likeness (QED) is 0.189. The van der Waals surface area contributed by atoms with E-state index in [-0.39, 0.29) is 5.41 Å². The Balaban J connectivity index is 1.35. The third-order valence-corrected chi connectivity index (χ3v) is 9.83. The Bertz CT molecular complexity index is 1970. The molecule has 0 radical (unpaired) electrons. The average Bonchev–Trinajstić information content (AvgIpc) is 3.32. The van der Waals surface area contributed by atoms with Crippen molar-refractivity contribution in [2.24, 2.45) is 0 Å². The summed E-state index contributed by atoms with van der Waals surface area (Å²) in [6.45, 7) is 7.21. The molecule has 0 N–H and O–H groups in total. The Labute approximate surface area is 272 Å². The van der Waals surface area contributed by atoms with Crippen LogP contribution in [0.3, 0.4) is 0 Å². The highest BCUT2D eigenvalue weighted by Crippen LogP contribution is 2.57. The van der Waals surface area contributed by atoms with E-state index in [0.29, 0.717) is 5.92 Å². The monoisotopic (exact) mass is 594 g/mol. The summed E-state index contributed by atoms with van der Waals surface area (Å²) in [4.78, 5) is 4.82. The van der Waals surface area contributed by atoms with E-state index in [1.165, 1.54) is 56.1 Å². The van der Waals surface area contributed by atoms with E-state index in [4.69, 9.17) is 0 Å². The molecule has 0 saturated heterocycles. The fraction of sp³-hybridized carbons (Fsp3) is 0.136. The van der Waals surface area contributed by atoms with E-state index < -0.39 is 0 Å². The fourth-order valence-corrected chi connectivity index (χ4v) is 7.60. The second-order valence-corrected chi connectivity index (χ2v) is 13.1. The first-order chi connectivity index (χ1) is 22.5. The summed E-state index contributed by atoms with van der Waals surface area (Å²) in [5.41, 5.74) is 15.2. The molecular weight excluding hydrogens is 556 g/mol. The highest BCUT2D eigenvalue weighted by atomic mass is 15.1. The molecule has 0 heterocycles. The minimum atomic E-state index is -0.191. The third-order valence-electron chi connectivity index (χ3n) is 9.83. The van der Waals surface area contributed by atoms with Crippen molar-refractivity contribution in [1.82, 2.24) is 0 Å². The first-order valence-corrected chi connectivity index (χ1v) is 16.4. The number of para-hydroxylation sites is 4. The molecule has 6 aromatic rings. The van der Waals surface area contributed by atoms with Gasteiger partial charge in [0.05, 0.1) is 5.69 Å². The van der Waals surface area contributed by atoms with Gasteiger partial charge in [-0.1, -0.05) is 112 Å². The number of rotatable bonds is 6. The zero-order valence-electron chi connectivity index (χ0n) is 26.7. The van der Waals surface area contributed by atoms with Crippen LogP contribution >= 0.6 is 0 Å². The van der Waals surface area contributed by atoms with Crippen LogP contribution in [0.25, 0.3) is 17.2 Å². The van der Waals surface area contributed by atoms with Gasteiger partial charge in [-0.3, -0.25) is 0 Å². The van der Waals surface area contributed by atoms with Crippen LogP contribution in [0.4, 0.5) is 34.1 Å². The lowest BCUT2D eigenvalue weighted by Crippen LogP contribution is -2.19. The van der Waals surface area contributed by atoms with Crippen molar-refractivity contribution in [3.8, 4) is 11.1 Å². The van der Waals surface area contributed by atoms with Crippen molar-refractivity contribution in [1.29, 1.82) is 0 Å². The largest absolute Gasteiger partial charge is 0.310 e. The van der Waals surface area contributed by atoms with Gasteiger partial charge in [-0.05, 0) is 107 Å². The van der Waals surface area contributed by atoms with Gasteiger partial charge in [0.1, 0.15) is 0 Å². The molecule has 6 aromatic carbocycles. The van der Waals surface area contributed by atoms with Gasteiger partial charge in [0, 0.05) is 39.4 Å². The van der Waals surface area contributed by atoms with Crippen LogP contribution in [0.1, 0.15) is 55.4 Å². The van der Waals surface area contributed by atoms with Crippen molar-refractivity contribution in [3.63, 3.8) is 0 Å². The minimum Gasteiger partial charge on any atom is -0.310 e. The number of anilines is 6. The normalized spacial score (nSPS) is 15.5. The standard InChI is InChI=1S/C44H38N2/c1-31-17-16-26-38-41(46(34-22-12-6-13-23-34)35-24-14-7-15-25-35)30-40-43(42(31)38)37-28-27-36(29-39(37)44(40,2)3)45(32-18-8-4-9-19-32)33-20-10-5-11-21-33/h4-16,18-31H,17H2,1-3H3. The summed E-state index contributed by atoms with van der Waals surface area (Å²) in [5, 5.41) is 0. The number of hydrogen-bond acceptors (Lipinski definition) is 2. The van der Waals surface area contributed by atoms with Gasteiger partial charge in [-0.2, -0.15) is 0 Å². The van der Waals surface area contributed by atoms with E-state index in [9.17, 15) is 0 Å². The first kappa shape index (κ1) is 28.2. The van der Waals surface area contributed by atoms with Gasteiger partial charge in [-0.25, -0.2) is 0 Å². The van der Waals surface area contributed by atoms with E-state index in [2.05, 4.69) is 188 Å². The minimum absolute atomic E-state index is 0.191. The molecule has 2 aliphatic rings. The molecule has 0 spiro atoms. The molecule has 1 atom stereocenters. The van der Waals surface area contributed by atoms with E-state index in [1.54, 1.807) is 0 Å². The van der Waals surface area contributed by atoms with Crippen LogP contribution in [-0.2, 0) is 5.41 Å². The number of hydrogen-bond donors (Lipinski definition) is 0. The summed E-state index contributed by atoms with van der Waals surface area (Å²) in [7, 11) is 0. The van der Waals surface area contributed by atoms with Gasteiger partial charge < -0.3 is 9.80 Å². The van der Waals surface area contributed by atoms with Gasteiger partial charge in [0.2, 0.25) is 0 Å². The van der Waals surface area contributed by atoms with Gasteiger partial charge in [0.25, 0.3) is 0 Å². The predicted molar refractivity (Wildman–Crippen MR) is 195 cm³/mol. The maximum absolute atomic E-state index is 2.49. The molecule has 1 unspecified atom stereocenters. The molecule has 2 nitrogen and oxygen atoms in total. The Hall–Kier alpha value is -5.34. The molecule has 2 heteroatoms. The van der Waals surface area contributed by atoms with E-state index in [0.717, 1.165) is 17.8 Å². The number of fused-ring (bicyclic) bond motifs is 5. The van der Waals surface area contributed by atoms with E-state index in [1.807, 2.05) is 0 Å². The maximum Gasteiger partial charge on any atom is 0.0540 e. The Kier molecular flexibility index (Phi) is 6.87. The molecule has 0 saturated carbocycles. The topological polar surface area (TPSA) is 6.48 Å². The third kappa shape index (κ3) is 4.56. The van der Waals surface area contributed by atoms with Crippen LogP contribution in [0.15, 0.2) is 152 Å². The zero-order valence-corrected chi connectivity index (χ0v) is 26.7. The van der Waals surface area contributed by atoms with Crippen LogP contribution in [0, 0.1) is 0 Å². The van der Waals surface area contributed by atoms with Crippen molar-refractivity contribution >= 4 is 40.2 Å². The number of allylic oxidation sites excluding steroid dienone is 1. The lowest BCUT2D eigenvalue weighted by atomic mass is 9.77. The van der Waals surface area contributed by atoms with Crippen LogP contribution in [-0.4, -0.2) is 0 Å². The summed E-state index contributed by atoms with van der Waals surface area (Å²) < 4.78 is 0. The van der Waals surface area contributed by atoms with Gasteiger partial charge in [0.15, 0.2) is 0 Å². The summed E-state index contributed by atoms with van der Waals surface area (Å²) in [5.74, 6) is 0.411. The summed E-state index contributed by atoms with van der Waals surface area (Å²) in [6, 6.07) is 52.6. The molecule has 0 aliphatic heterocycles. The van der Waals surface area contributed by atoms with Crippen LogP contribution in [0.5, 0.6) is 0 Å². The Morgan fingerprint density at radius 2 is 1.04 bits per heavy atom. The lowest BCUT2D eigenvalue weighted by Gasteiger charge is -2.33. The molecule has 46 heavy (non-hydrogen) atoms. The SMILES string of the molecule is CC1CC=Cc2c(N(c3ccccc3)c3ccccc3)cc3c(c21)-c1ccc(N(c2ccccc2)c2ccccc2)cc1C3(C)C. The predicted octanol–water partition coefficient (Wildman–Crippen LogP) is 12.5. The van der Waals surface area contributed by atoms with E-state index >= 15 is 0 Å². The lowest BCUT2D eigenvalue weighted by molar-refractivity contribution is 0.658.